The van der Waals surface area contributed by atoms with Crippen molar-refractivity contribution in [1.82, 2.24) is 0 Å². The molecule has 3 heteroatoms. The second-order valence-electron chi connectivity index (χ2n) is 11.7. The first-order valence-electron chi connectivity index (χ1n) is 13.7. The molecule has 31 heavy (non-hydrogen) atoms. The minimum absolute atomic E-state index is 0.0528. The summed E-state index contributed by atoms with van der Waals surface area (Å²) in [6.45, 7) is 4.68. The summed E-state index contributed by atoms with van der Waals surface area (Å²) < 4.78 is 6.15. The van der Waals surface area contributed by atoms with Gasteiger partial charge in [-0.25, -0.2) is 0 Å². The highest BCUT2D eigenvalue weighted by molar-refractivity contribution is 5.79. The number of unbranched alkanes of at least 4 members (excludes halogenated alkanes) is 6. The lowest BCUT2D eigenvalue weighted by molar-refractivity contribution is -0.160. The predicted molar refractivity (Wildman–Crippen MR) is 125 cm³/mol. The van der Waals surface area contributed by atoms with Crippen molar-refractivity contribution in [2.24, 2.45) is 35.0 Å². The van der Waals surface area contributed by atoms with Crippen LogP contribution in [-0.2, 0) is 14.3 Å². The normalized spacial score (nSPS) is 39.5. The van der Waals surface area contributed by atoms with E-state index < -0.39 is 0 Å². The number of hydrogen-bond donors (Lipinski definition) is 0. The van der Waals surface area contributed by atoms with Crippen LogP contribution in [-0.4, -0.2) is 17.9 Å². The van der Waals surface area contributed by atoms with Gasteiger partial charge in [-0.3, -0.25) is 9.59 Å². The third-order valence-corrected chi connectivity index (χ3v) is 9.94. The van der Waals surface area contributed by atoms with E-state index in [0.717, 1.165) is 62.2 Å². The number of esters is 1. The molecule has 176 valence electrons. The van der Waals surface area contributed by atoms with E-state index in [9.17, 15) is 9.59 Å². The third-order valence-electron chi connectivity index (χ3n) is 9.94. The van der Waals surface area contributed by atoms with Gasteiger partial charge in [0.05, 0.1) is 0 Å². The quantitative estimate of drug-likeness (QED) is 0.285. The first-order valence-corrected chi connectivity index (χ1v) is 13.7. The highest BCUT2D eigenvalue weighted by atomic mass is 16.5. The summed E-state index contributed by atoms with van der Waals surface area (Å²) in [6, 6.07) is 0. The predicted octanol–water partition coefficient (Wildman–Crippen LogP) is 7.26. The third kappa shape index (κ3) is 5.06. The van der Waals surface area contributed by atoms with E-state index in [-0.39, 0.29) is 17.5 Å². The average Bonchev–Trinajstić information content (AvgIpc) is 3.09. The molecular weight excluding hydrogens is 384 g/mol. The van der Waals surface area contributed by atoms with E-state index in [4.69, 9.17) is 4.74 Å². The Bertz CT molecular complexity index is 628. The topological polar surface area (TPSA) is 43.4 Å². The Balaban J connectivity index is 1.26. The minimum atomic E-state index is 0.0528. The molecule has 4 rings (SSSR count). The van der Waals surface area contributed by atoms with Gasteiger partial charge in [-0.1, -0.05) is 52.4 Å². The summed E-state index contributed by atoms with van der Waals surface area (Å²) >= 11 is 0. The second kappa shape index (κ2) is 10.4. The molecule has 0 spiro atoms. The highest BCUT2D eigenvalue weighted by Crippen LogP contribution is 2.62. The number of ether oxygens (including phenoxy) is 1. The molecule has 7 unspecified atom stereocenters. The smallest absolute Gasteiger partial charge is 0.306 e. The van der Waals surface area contributed by atoms with Crippen LogP contribution < -0.4 is 0 Å². The van der Waals surface area contributed by atoms with Gasteiger partial charge >= 0.3 is 5.97 Å². The SMILES string of the molecule is CCCCCCCCCC(=O)OC1CCC2C3CCC4CC(=O)CCC4C3CCC12C. The first-order chi connectivity index (χ1) is 15.0. The van der Waals surface area contributed by atoms with Gasteiger partial charge in [0.2, 0.25) is 0 Å². The molecule has 0 N–H and O–H groups in total. The van der Waals surface area contributed by atoms with Gasteiger partial charge in [0, 0.05) is 24.7 Å². The maximum Gasteiger partial charge on any atom is 0.306 e. The number of fused-ring (bicyclic) bond motifs is 5. The molecule has 0 radical (unpaired) electrons. The summed E-state index contributed by atoms with van der Waals surface area (Å²) in [5.41, 5.74) is 0.189. The van der Waals surface area contributed by atoms with Gasteiger partial charge in [0.15, 0.2) is 0 Å². The molecule has 0 aromatic carbocycles. The lowest BCUT2D eigenvalue weighted by atomic mass is 9.50. The molecule has 4 aliphatic rings. The van der Waals surface area contributed by atoms with Crippen LogP contribution in [0.25, 0.3) is 0 Å². The van der Waals surface area contributed by atoms with E-state index >= 15 is 0 Å². The summed E-state index contributed by atoms with van der Waals surface area (Å²) in [6.07, 6.45) is 19.6. The van der Waals surface area contributed by atoms with Crippen LogP contribution in [0.5, 0.6) is 0 Å². The molecular formula is C28H46O3. The van der Waals surface area contributed by atoms with Crippen LogP contribution in [0, 0.1) is 35.0 Å². The monoisotopic (exact) mass is 430 g/mol. The van der Waals surface area contributed by atoms with Crippen LogP contribution in [0.15, 0.2) is 0 Å². The van der Waals surface area contributed by atoms with Gasteiger partial charge in [-0.05, 0) is 81.0 Å². The Kier molecular flexibility index (Phi) is 7.81. The van der Waals surface area contributed by atoms with Gasteiger partial charge in [-0.15, -0.1) is 0 Å². The van der Waals surface area contributed by atoms with Crippen LogP contribution >= 0.6 is 0 Å². The Labute approximate surface area is 190 Å². The van der Waals surface area contributed by atoms with Crippen molar-refractivity contribution in [3.05, 3.63) is 0 Å². The van der Waals surface area contributed by atoms with Gasteiger partial charge < -0.3 is 4.74 Å². The van der Waals surface area contributed by atoms with Crippen molar-refractivity contribution in [1.29, 1.82) is 0 Å². The minimum Gasteiger partial charge on any atom is -0.462 e. The van der Waals surface area contributed by atoms with Crippen molar-refractivity contribution >= 4 is 11.8 Å². The molecule has 0 bridgehead atoms. The number of rotatable bonds is 9. The Morgan fingerprint density at radius 3 is 2.48 bits per heavy atom. The van der Waals surface area contributed by atoms with E-state index in [1.54, 1.807) is 0 Å². The van der Waals surface area contributed by atoms with Crippen LogP contribution in [0.3, 0.4) is 0 Å². The molecule has 3 nitrogen and oxygen atoms in total. The average molecular weight is 431 g/mol. The fourth-order valence-corrected chi connectivity index (χ4v) is 8.25. The maximum absolute atomic E-state index is 12.6. The van der Waals surface area contributed by atoms with Crippen molar-refractivity contribution < 1.29 is 14.3 Å². The van der Waals surface area contributed by atoms with E-state index in [0.29, 0.717) is 18.1 Å². The number of ketones is 1. The molecule has 0 amide bonds. The summed E-state index contributed by atoms with van der Waals surface area (Å²) in [7, 11) is 0. The van der Waals surface area contributed by atoms with Crippen molar-refractivity contribution in [2.75, 3.05) is 0 Å². The van der Waals surface area contributed by atoms with Crippen LogP contribution in [0.4, 0.5) is 0 Å². The Morgan fingerprint density at radius 2 is 1.68 bits per heavy atom. The maximum atomic E-state index is 12.6. The molecule has 0 saturated heterocycles. The molecule has 4 fully saturated rings. The number of hydrogen-bond acceptors (Lipinski definition) is 3. The van der Waals surface area contributed by atoms with E-state index in [1.165, 1.54) is 64.2 Å². The van der Waals surface area contributed by atoms with Crippen molar-refractivity contribution in [3.8, 4) is 0 Å². The van der Waals surface area contributed by atoms with Crippen molar-refractivity contribution in [2.45, 2.75) is 129 Å². The number of carbonyl (C=O) groups excluding carboxylic acids is 2. The fourth-order valence-electron chi connectivity index (χ4n) is 8.25. The highest BCUT2D eigenvalue weighted by Gasteiger charge is 2.58. The summed E-state index contributed by atoms with van der Waals surface area (Å²) in [5, 5.41) is 0. The molecule has 0 heterocycles. The van der Waals surface area contributed by atoms with E-state index in [2.05, 4.69) is 13.8 Å². The molecule has 4 aliphatic carbocycles. The van der Waals surface area contributed by atoms with Crippen LogP contribution in [0.1, 0.15) is 123 Å². The zero-order valence-corrected chi connectivity index (χ0v) is 20.2. The molecule has 4 saturated carbocycles. The fraction of sp³-hybridized carbons (Fsp3) is 0.929. The number of Topliss-reactive ketones (excluding diaryl/α,β-unsaturated/α-hetero) is 1. The standard InChI is InChI=1S/C28H46O3/c1-3-4-5-6-7-8-9-10-27(30)31-26-16-15-25-24-13-11-20-19-21(29)12-14-22(20)23(24)17-18-28(25,26)2/h20,22-26H,3-19H2,1-2H3. The van der Waals surface area contributed by atoms with Gasteiger partial charge in [0.1, 0.15) is 11.9 Å². The Hall–Kier alpha value is -0.860. The largest absolute Gasteiger partial charge is 0.462 e. The molecule has 0 aromatic heterocycles. The zero-order valence-electron chi connectivity index (χ0n) is 20.2. The van der Waals surface area contributed by atoms with E-state index in [1.807, 2.05) is 0 Å². The lowest BCUT2D eigenvalue weighted by Crippen LogP contribution is -2.50. The lowest BCUT2D eigenvalue weighted by Gasteiger charge is -2.55. The van der Waals surface area contributed by atoms with Crippen molar-refractivity contribution in [3.63, 3.8) is 0 Å². The first kappa shape index (κ1) is 23.3. The van der Waals surface area contributed by atoms with Crippen LogP contribution in [0.2, 0.25) is 0 Å². The Morgan fingerprint density at radius 1 is 0.903 bits per heavy atom. The summed E-state index contributed by atoms with van der Waals surface area (Å²) in [5.74, 6) is 4.38. The molecule has 0 aromatic rings. The zero-order chi connectivity index (χ0) is 21.8. The molecule has 0 aliphatic heterocycles. The van der Waals surface area contributed by atoms with Gasteiger partial charge in [0.25, 0.3) is 0 Å². The number of carbonyl (C=O) groups is 2. The van der Waals surface area contributed by atoms with Gasteiger partial charge in [-0.2, -0.15) is 0 Å². The second-order valence-corrected chi connectivity index (χ2v) is 11.7. The summed E-state index contributed by atoms with van der Waals surface area (Å²) in [4.78, 5) is 24.6. The molecule has 7 atom stereocenters.